The summed E-state index contributed by atoms with van der Waals surface area (Å²) in [4.78, 5) is 21.5. The number of carbonyl (C=O) groups is 1. The van der Waals surface area contributed by atoms with Gasteiger partial charge in [-0.3, -0.25) is 9.79 Å². The summed E-state index contributed by atoms with van der Waals surface area (Å²) < 4.78 is 16.6. The van der Waals surface area contributed by atoms with Crippen molar-refractivity contribution in [3.8, 4) is 5.88 Å². The molecule has 0 spiro atoms. The smallest absolute Gasteiger partial charge is 0.214 e. The van der Waals surface area contributed by atoms with E-state index in [1.54, 1.807) is 11.8 Å². The Morgan fingerprint density at radius 2 is 2.10 bits per heavy atom. The molecule has 1 atom stereocenters. The van der Waals surface area contributed by atoms with Crippen LogP contribution in [0.3, 0.4) is 0 Å². The molecule has 11 nitrogen and oxygen atoms in total. The number of nitrogens with one attached hydrogen (secondary N) is 3. The second-order valence-electron chi connectivity index (χ2n) is 10.3. The number of benzene rings is 1. The second-order valence-corrected chi connectivity index (χ2v) is 11.2. The van der Waals surface area contributed by atoms with Gasteiger partial charge in [-0.25, -0.2) is 4.98 Å². The van der Waals surface area contributed by atoms with Gasteiger partial charge >= 0.3 is 0 Å². The zero-order chi connectivity index (χ0) is 29.2. The van der Waals surface area contributed by atoms with Gasteiger partial charge < -0.3 is 34.8 Å². The molecule has 3 N–H and O–H groups in total. The molecule has 218 valence electrons. The number of rotatable bonds is 9. The molecule has 1 fully saturated rings. The van der Waals surface area contributed by atoms with Gasteiger partial charge in [-0.05, 0) is 24.9 Å². The first-order valence-electron chi connectivity index (χ1n) is 13.3. The maximum atomic E-state index is 10.6. The highest BCUT2D eigenvalue weighted by Crippen LogP contribution is 2.39. The molecule has 1 amide bonds. The van der Waals surface area contributed by atoms with Crippen LogP contribution in [0.2, 0.25) is 0 Å². The maximum Gasteiger partial charge on any atom is 0.214 e. The molecule has 0 saturated carbocycles. The summed E-state index contributed by atoms with van der Waals surface area (Å²) in [5, 5.41) is 13.6. The number of morpholine rings is 1. The lowest BCUT2D eigenvalue weighted by molar-refractivity contribution is -0.105. The molecule has 1 aromatic carbocycles. The summed E-state index contributed by atoms with van der Waals surface area (Å²) in [6.45, 7) is 12.8. The quantitative estimate of drug-likeness (QED) is 0.245. The molecule has 12 heteroatoms. The Hall–Kier alpha value is -3.87. The Morgan fingerprint density at radius 3 is 2.71 bits per heavy atom. The van der Waals surface area contributed by atoms with E-state index in [9.17, 15) is 4.79 Å². The van der Waals surface area contributed by atoms with Crippen LogP contribution in [0.25, 0.3) is 5.70 Å². The maximum absolute atomic E-state index is 10.6. The van der Waals surface area contributed by atoms with Gasteiger partial charge in [0.1, 0.15) is 23.5 Å². The molecular formula is C29H37N7O4S. The van der Waals surface area contributed by atoms with Gasteiger partial charge in [0.05, 0.1) is 23.9 Å². The predicted molar refractivity (Wildman–Crippen MR) is 164 cm³/mol. The summed E-state index contributed by atoms with van der Waals surface area (Å²) in [5.74, 6) is 3.02. The van der Waals surface area contributed by atoms with E-state index in [0.717, 1.165) is 58.2 Å². The Bertz CT molecular complexity index is 1330. The van der Waals surface area contributed by atoms with Gasteiger partial charge in [0.15, 0.2) is 5.82 Å². The lowest BCUT2D eigenvalue weighted by Crippen LogP contribution is -2.41. The lowest BCUT2D eigenvalue weighted by atomic mass is 9.93. The van der Waals surface area contributed by atoms with Crippen molar-refractivity contribution in [2.45, 2.75) is 37.3 Å². The fourth-order valence-electron chi connectivity index (χ4n) is 3.94. The predicted octanol–water partition coefficient (Wildman–Crippen LogP) is 4.60. The van der Waals surface area contributed by atoms with E-state index in [0.29, 0.717) is 25.5 Å². The molecule has 1 saturated heterocycles. The van der Waals surface area contributed by atoms with E-state index in [2.05, 4.69) is 63.5 Å². The zero-order valence-electron chi connectivity index (χ0n) is 23.8. The normalized spacial score (nSPS) is 16.7. The van der Waals surface area contributed by atoms with Crippen molar-refractivity contribution in [3.63, 3.8) is 0 Å². The summed E-state index contributed by atoms with van der Waals surface area (Å²) in [6.07, 6.45) is 2.66. The molecule has 41 heavy (non-hydrogen) atoms. The molecule has 3 aromatic rings. The Labute approximate surface area is 244 Å². The minimum Gasteiger partial charge on any atom is -0.475 e. The number of aromatic nitrogens is 2. The van der Waals surface area contributed by atoms with E-state index in [1.165, 1.54) is 0 Å². The van der Waals surface area contributed by atoms with Crippen LogP contribution >= 0.6 is 11.8 Å². The van der Waals surface area contributed by atoms with Gasteiger partial charge in [0.25, 0.3) is 0 Å². The van der Waals surface area contributed by atoms with Crippen molar-refractivity contribution in [2.24, 2.45) is 4.99 Å². The van der Waals surface area contributed by atoms with Crippen molar-refractivity contribution < 1.29 is 18.8 Å². The van der Waals surface area contributed by atoms with Crippen molar-refractivity contribution >= 4 is 47.8 Å². The van der Waals surface area contributed by atoms with Crippen molar-refractivity contribution in [1.82, 2.24) is 15.5 Å². The fourth-order valence-corrected chi connectivity index (χ4v) is 4.90. The molecule has 2 aliphatic heterocycles. The molecule has 0 aliphatic carbocycles. The third-order valence-corrected chi connectivity index (χ3v) is 7.23. The molecular weight excluding hydrogens is 542 g/mol. The highest BCUT2D eigenvalue weighted by molar-refractivity contribution is 7.99. The number of ether oxygens (including phenoxy) is 2. The minimum absolute atomic E-state index is 0.0437. The Kier molecular flexibility index (Phi) is 10.4. The van der Waals surface area contributed by atoms with Gasteiger partial charge in [0, 0.05) is 55.1 Å². The third-order valence-electron chi connectivity index (χ3n) is 6.25. The molecule has 4 heterocycles. The van der Waals surface area contributed by atoms with Crippen molar-refractivity contribution in [2.75, 3.05) is 54.8 Å². The molecule has 1 unspecified atom stereocenters. The zero-order valence-corrected chi connectivity index (χ0v) is 24.7. The number of anilines is 3. The third kappa shape index (κ3) is 8.32. The SMILES string of the molecule is C=N/C(=C\N1CSc2nc(OCC3CNCCO3)ccc21)c1ccc(NC=O)cc1.CNc1cc(C(C)(C)C)on1. The standard InChI is InChI=1S/C21H23N5O3S.C8H14N2O/c1-22-18(15-2-4-16(5-3-15)24-13-27)11-26-14-30-21-19(26)6-7-20(25-21)29-12-17-10-23-8-9-28-17;1-8(2,3)6-5-7(9-4)10-11-6/h2-7,11,13,17,23H,1,8-10,12,14H2,(H,24,27);5H,1-4H3,(H,9,10)/b18-11-;. The summed E-state index contributed by atoms with van der Waals surface area (Å²) in [7, 11) is 1.82. The van der Waals surface area contributed by atoms with Gasteiger partial charge in [-0.2, -0.15) is 0 Å². The summed E-state index contributed by atoms with van der Waals surface area (Å²) in [6, 6.07) is 13.2. The van der Waals surface area contributed by atoms with E-state index in [-0.39, 0.29) is 11.5 Å². The highest BCUT2D eigenvalue weighted by atomic mass is 32.2. The number of aliphatic imine (C=N–C) groups is 1. The van der Waals surface area contributed by atoms with Crippen LogP contribution in [-0.2, 0) is 14.9 Å². The number of hydrogen-bond acceptors (Lipinski definition) is 11. The number of pyridine rings is 1. The van der Waals surface area contributed by atoms with Crippen LogP contribution in [0.15, 0.2) is 63.2 Å². The lowest BCUT2D eigenvalue weighted by Gasteiger charge is -2.23. The van der Waals surface area contributed by atoms with E-state index in [1.807, 2.05) is 55.7 Å². The summed E-state index contributed by atoms with van der Waals surface area (Å²) in [5.41, 5.74) is 3.42. The van der Waals surface area contributed by atoms with Crippen LogP contribution in [-0.4, -0.2) is 68.6 Å². The molecule has 2 aliphatic rings. The monoisotopic (exact) mass is 579 g/mol. The van der Waals surface area contributed by atoms with Gasteiger partial charge in [-0.15, -0.1) is 0 Å². The first kappa shape index (κ1) is 30.1. The van der Waals surface area contributed by atoms with Crippen molar-refractivity contribution in [1.29, 1.82) is 0 Å². The average Bonchev–Trinajstić information content (AvgIpc) is 3.64. The van der Waals surface area contributed by atoms with Crippen molar-refractivity contribution in [3.05, 3.63) is 60.0 Å². The number of hydrogen-bond donors (Lipinski definition) is 3. The van der Waals surface area contributed by atoms with Crippen LogP contribution in [0.1, 0.15) is 32.1 Å². The topological polar surface area (TPSA) is 126 Å². The van der Waals surface area contributed by atoms with Gasteiger partial charge in [0.2, 0.25) is 12.3 Å². The number of nitrogens with zero attached hydrogens (tertiary/aromatic N) is 4. The van der Waals surface area contributed by atoms with Crippen LogP contribution in [0.5, 0.6) is 5.88 Å². The number of carbonyl (C=O) groups excluding carboxylic acids is 1. The Balaban J connectivity index is 0.000000296. The highest BCUT2D eigenvalue weighted by Gasteiger charge is 2.22. The van der Waals surface area contributed by atoms with E-state index >= 15 is 0 Å². The first-order valence-corrected chi connectivity index (χ1v) is 14.3. The van der Waals surface area contributed by atoms with Crippen LogP contribution < -0.4 is 25.6 Å². The minimum atomic E-state index is 0.0437. The number of amides is 1. The van der Waals surface area contributed by atoms with Crippen LogP contribution in [0, 0.1) is 0 Å². The second kappa shape index (κ2) is 14.2. The molecule has 2 aromatic heterocycles. The number of fused-ring (bicyclic) bond motifs is 1. The Morgan fingerprint density at radius 1 is 1.29 bits per heavy atom. The van der Waals surface area contributed by atoms with E-state index < -0.39 is 0 Å². The molecule has 5 rings (SSSR count). The summed E-state index contributed by atoms with van der Waals surface area (Å²) >= 11 is 1.64. The van der Waals surface area contributed by atoms with E-state index in [4.69, 9.17) is 14.0 Å². The molecule has 0 radical (unpaired) electrons. The first-order chi connectivity index (χ1) is 19.8. The molecule has 0 bridgehead atoms. The fraction of sp³-hybridized carbons (Fsp3) is 0.379. The average molecular weight is 580 g/mol. The largest absolute Gasteiger partial charge is 0.475 e. The van der Waals surface area contributed by atoms with Crippen LogP contribution in [0.4, 0.5) is 17.2 Å². The van der Waals surface area contributed by atoms with Gasteiger partial charge in [-0.1, -0.05) is 49.8 Å². The number of thioether (sulfide) groups is 1.